The number of hydrogen-bond donors (Lipinski definition) is 1. The molecular weight excluding hydrogens is 290 g/mol. The summed E-state index contributed by atoms with van der Waals surface area (Å²) < 4.78 is 1.79. The molecule has 1 aliphatic heterocycles. The monoisotopic (exact) mass is 309 g/mol. The minimum absolute atomic E-state index is 0.231. The zero-order valence-corrected chi connectivity index (χ0v) is 13.4. The van der Waals surface area contributed by atoms with Gasteiger partial charge in [0.1, 0.15) is 12.5 Å². The Labute approximate surface area is 135 Å². The summed E-state index contributed by atoms with van der Waals surface area (Å²) in [5.41, 5.74) is 4.04. The summed E-state index contributed by atoms with van der Waals surface area (Å²) >= 11 is 0. The van der Waals surface area contributed by atoms with Crippen molar-refractivity contribution < 1.29 is 4.79 Å². The Hall–Kier alpha value is -2.89. The molecule has 2 heterocycles. The summed E-state index contributed by atoms with van der Waals surface area (Å²) in [6.07, 6.45) is 5.11. The molecule has 1 N–H and O–H groups in total. The molecular formula is C17H19N5O. The Bertz CT molecular complexity index is 783. The lowest BCUT2D eigenvalue weighted by Crippen LogP contribution is -2.32. The number of allylic oxidation sites excluding steroid dienone is 1. The third-order valence-corrected chi connectivity index (χ3v) is 3.67. The number of anilines is 1. The number of urea groups is 1. The van der Waals surface area contributed by atoms with Gasteiger partial charge in [0.15, 0.2) is 0 Å². The minimum Gasteiger partial charge on any atom is -0.292 e. The molecule has 0 saturated carbocycles. The first kappa shape index (κ1) is 15.0. The smallest absolute Gasteiger partial charge is 0.292 e. The van der Waals surface area contributed by atoms with Crippen molar-refractivity contribution in [1.29, 1.82) is 0 Å². The van der Waals surface area contributed by atoms with Gasteiger partial charge in [-0.2, -0.15) is 5.10 Å². The molecule has 0 unspecified atom stereocenters. The Morgan fingerprint density at radius 2 is 1.96 bits per heavy atom. The molecule has 0 atom stereocenters. The van der Waals surface area contributed by atoms with Gasteiger partial charge in [0.05, 0.1) is 11.4 Å². The van der Waals surface area contributed by atoms with Crippen molar-refractivity contribution in [3.63, 3.8) is 0 Å². The van der Waals surface area contributed by atoms with Crippen LogP contribution in [0.5, 0.6) is 0 Å². The van der Waals surface area contributed by atoms with Gasteiger partial charge in [-0.3, -0.25) is 15.2 Å². The van der Waals surface area contributed by atoms with E-state index in [1.54, 1.807) is 23.2 Å². The van der Waals surface area contributed by atoms with Gasteiger partial charge in [0, 0.05) is 18.5 Å². The van der Waals surface area contributed by atoms with Gasteiger partial charge in [-0.1, -0.05) is 18.2 Å². The second-order valence-corrected chi connectivity index (χ2v) is 5.54. The van der Waals surface area contributed by atoms with Crippen LogP contribution in [0.3, 0.4) is 0 Å². The number of carbonyl (C=O) groups excluding carboxylic acids is 1. The first-order valence-electron chi connectivity index (χ1n) is 7.44. The topological polar surface area (TPSA) is 62.5 Å². The lowest BCUT2D eigenvalue weighted by molar-refractivity contribution is 0.229. The lowest BCUT2D eigenvalue weighted by atomic mass is 10.1. The molecule has 23 heavy (non-hydrogen) atoms. The van der Waals surface area contributed by atoms with Crippen LogP contribution in [0.1, 0.15) is 16.8 Å². The van der Waals surface area contributed by atoms with Crippen LogP contribution >= 0.6 is 0 Å². The number of benzene rings is 1. The van der Waals surface area contributed by atoms with Crippen molar-refractivity contribution in [1.82, 2.24) is 14.7 Å². The van der Waals surface area contributed by atoms with Crippen LogP contribution in [0, 0.1) is 20.8 Å². The van der Waals surface area contributed by atoms with Crippen LogP contribution in [-0.4, -0.2) is 33.6 Å². The first-order valence-corrected chi connectivity index (χ1v) is 7.44. The highest BCUT2D eigenvalue weighted by Gasteiger charge is 2.17. The van der Waals surface area contributed by atoms with Crippen molar-refractivity contribution >= 4 is 18.1 Å². The third-order valence-electron chi connectivity index (χ3n) is 3.67. The number of rotatable bonds is 2. The van der Waals surface area contributed by atoms with Crippen molar-refractivity contribution in [2.24, 2.45) is 4.99 Å². The van der Waals surface area contributed by atoms with Gasteiger partial charge in [-0.15, -0.1) is 0 Å². The average Bonchev–Trinajstić information content (AvgIpc) is 2.88. The Morgan fingerprint density at radius 3 is 2.61 bits per heavy atom. The standard InChI is InChI=1S/C17H19N5O/c1-12-6-4-7-13(2)16(12)22-15(10-14(3)20-22)19-17(23)21-9-5-8-18-11-21/h4-10H,11H2,1-3H3,(H,19,23). The fraction of sp³-hybridized carbons (Fsp3) is 0.235. The van der Waals surface area contributed by atoms with E-state index in [0.29, 0.717) is 12.5 Å². The van der Waals surface area contributed by atoms with Crippen LogP contribution in [0.25, 0.3) is 5.69 Å². The van der Waals surface area contributed by atoms with Crippen molar-refractivity contribution in [2.45, 2.75) is 20.8 Å². The maximum absolute atomic E-state index is 12.4. The lowest BCUT2D eigenvalue weighted by Gasteiger charge is -2.19. The van der Waals surface area contributed by atoms with Crippen LogP contribution in [0.2, 0.25) is 0 Å². The van der Waals surface area contributed by atoms with Gasteiger partial charge in [-0.25, -0.2) is 9.48 Å². The fourth-order valence-corrected chi connectivity index (χ4v) is 2.60. The number of aromatic nitrogens is 2. The normalized spacial score (nSPS) is 13.4. The molecule has 0 saturated heterocycles. The molecule has 0 spiro atoms. The predicted molar refractivity (Wildman–Crippen MR) is 91.1 cm³/mol. The molecule has 1 aliphatic rings. The van der Waals surface area contributed by atoms with E-state index in [2.05, 4.69) is 15.4 Å². The van der Waals surface area contributed by atoms with Crippen LogP contribution in [0.4, 0.5) is 10.6 Å². The molecule has 6 nitrogen and oxygen atoms in total. The minimum atomic E-state index is -0.231. The third kappa shape index (κ3) is 3.01. The number of hydrogen-bond acceptors (Lipinski definition) is 3. The summed E-state index contributed by atoms with van der Waals surface area (Å²) in [5.74, 6) is 0.646. The van der Waals surface area contributed by atoms with Crippen molar-refractivity contribution in [2.75, 3.05) is 12.0 Å². The molecule has 0 bridgehead atoms. The molecule has 0 aliphatic carbocycles. The molecule has 1 aromatic carbocycles. The van der Waals surface area contributed by atoms with E-state index in [1.165, 1.54) is 4.90 Å². The number of amides is 2. The van der Waals surface area contributed by atoms with Crippen molar-refractivity contribution in [3.05, 3.63) is 53.4 Å². The second-order valence-electron chi connectivity index (χ2n) is 5.54. The van der Waals surface area contributed by atoms with Gasteiger partial charge in [0.25, 0.3) is 0 Å². The zero-order valence-electron chi connectivity index (χ0n) is 13.4. The molecule has 2 aromatic rings. The van der Waals surface area contributed by atoms with E-state index in [9.17, 15) is 4.79 Å². The van der Waals surface area contributed by atoms with E-state index in [0.717, 1.165) is 22.5 Å². The van der Waals surface area contributed by atoms with E-state index < -0.39 is 0 Å². The summed E-state index contributed by atoms with van der Waals surface area (Å²) in [5, 5.41) is 7.45. The number of aryl methyl sites for hydroxylation is 3. The number of nitrogens with one attached hydrogen (secondary N) is 1. The molecule has 0 fully saturated rings. The fourth-order valence-electron chi connectivity index (χ4n) is 2.60. The summed E-state index contributed by atoms with van der Waals surface area (Å²) in [6.45, 7) is 6.30. The molecule has 1 aromatic heterocycles. The van der Waals surface area contributed by atoms with Crippen LogP contribution < -0.4 is 5.32 Å². The second kappa shape index (κ2) is 6.08. The largest absolute Gasteiger partial charge is 0.328 e. The van der Waals surface area contributed by atoms with E-state index >= 15 is 0 Å². The summed E-state index contributed by atoms with van der Waals surface area (Å²) in [7, 11) is 0. The van der Waals surface area contributed by atoms with Gasteiger partial charge in [-0.05, 0) is 38.0 Å². The Balaban J connectivity index is 1.94. The van der Waals surface area contributed by atoms with E-state index in [-0.39, 0.29) is 6.03 Å². The Morgan fingerprint density at radius 1 is 1.22 bits per heavy atom. The molecule has 118 valence electrons. The number of carbonyl (C=O) groups is 1. The molecule has 3 rings (SSSR count). The summed E-state index contributed by atoms with van der Waals surface area (Å²) in [6, 6.07) is 7.71. The maximum atomic E-state index is 12.4. The number of aliphatic imine (C=N–C) groups is 1. The zero-order chi connectivity index (χ0) is 16.4. The van der Waals surface area contributed by atoms with Gasteiger partial charge < -0.3 is 0 Å². The molecule has 2 amide bonds. The molecule has 0 radical (unpaired) electrons. The number of para-hydroxylation sites is 1. The van der Waals surface area contributed by atoms with E-state index in [1.807, 2.05) is 45.0 Å². The average molecular weight is 309 g/mol. The van der Waals surface area contributed by atoms with Crippen LogP contribution in [0.15, 0.2) is 41.5 Å². The quantitative estimate of drug-likeness (QED) is 0.926. The Kier molecular flexibility index (Phi) is 3.97. The highest BCUT2D eigenvalue weighted by Crippen LogP contribution is 2.23. The summed E-state index contributed by atoms with van der Waals surface area (Å²) in [4.78, 5) is 18.0. The van der Waals surface area contributed by atoms with Gasteiger partial charge >= 0.3 is 6.03 Å². The maximum Gasteiger partial charge on any atom is 0.328 e. The SMILES string of the molecule is Cc1cc(NC(=O)N2C=CC=NC2)n(-c2c(C)cccc2C)n1. The number of nitrogens with zero attached hydrogens (tertiary/aromatic N) is 4. The highest BCUT2D eigenvalue weighted by atomic mass is 16.2. The first-order chi connectivity index (χ1) is 11.1. The van der Waals surface area contributed by atoms with Crippen LogP contribution in [-0.2, 0) is 0 Å². The predicted octanol–water partition coefficient (Wildman–Crippen LogP) is 3.19. The van der Waals surface area contributed by atoms with Crippen molar-refractivity contribution in [3.8, 4) is 5.69 Å². The van der Waals surface area contributed by atoms with E-state index in [4.69, 9.17) is 0 Å². The van der Waals surface area contributed by atoms with Gasteiger partial charge in [0.2, 0.25) is 0 Å². The highest BCUT2D eigenvalue weighted by molar-refractivity contribution is 5.90. The molecule has 6 heteroatoms.